The minimum Gasteiger partial charge on any atom is -0.444 e. The first-order valence-corrected chi connectivity index (χ1v) is 14.7. The summed E-state index contributed by atoms with van der Waals surface area (Å²) in [6, 6.07) is 5.66. The number of carbonyl (C=O) groups excluding carboxylic acids is 2. The summed E-state index contributed by atoms with van der Waals surface area (Å²) >= 11 is 0. The van der Waals surface area contributed by atoms with E-state index in [1.165, 1.54) is 6.07 Å². The van der Waals surface area contributed by atoms with E-state index < -0.39 is 0 Å². The largest absolute Gasteiger partial charge is 0.444 e. The van der Waals surface area contributed by atoms with Crippen LogP contribution in [0.2, 0.25) is 0 Å². The highest BCUT2D eigenvalue weighted by Gasteiger charge is 2.50. The molecule has 5 saturated heterocycles. The van der Waals surface area contributed by atoms with Crippen LogP contribution in [0.1, 0.15) is 59.8 Å². The minimum atomic E-state index is -0.363. The molecule has 2 bridgehead atoms. The minimum absolute atomic E-state index is 0. The van der Waals surface area contributed by atoms with Gasteiger partial charge in [-0.1, -0.05) is 0 Å². The van der Waals surface area contributed by atoms with Crippen molar-refractivity contribution in [1.82, 2.24) is 9.80 Å². The Morgan fingerprint density at radius 1 is 0.897 bits per heavy atom. The molecule has 1 aromatic rings. The molecule has 7 rings (SSSR count). The third kappa shape index (κ3) is 4.68. The molecular weight excluding hydrogens is 505 g/mol. The van der Waals surface area contributed by atoms with Crippen molar-refractivity contribution in [3.8, 4) is 0 Å². The van der Waals surface area contributed by atoms with Crippen LogP contribution in [0, 0.1) is 5.82 Å². The van der Waals surface area contributed by atoms with Crippen LogP contribution in [0.4, 0.5) is 19.7 Å². The molecule has 6 aliphatic heterocycles. The second-order valence-electron chi connectivity index (χ2n) is 12.2. The molecule has 0 N–H and O–H groups in total. The zero-order valence-corrected chi connectivity index (χ0v) is 22.4. The Bertz CT molecular complexity index is 1100. The summed E-state index contributed by atoms with van der Waals surface area (Å²) < 4.78 is 36.7. The second kappa shape index (κ2) is 10.2. The first-order chi connectivity index (χ1) is 19.0. The van der Waals surface area contributed by atoms with E-state index in [0.717, 1.165) is 69.3 Å². The van der Waals surface area contributed by atoms with E-state index in [4.69, 9.17) is 18.9 Å². The Hall–Kier alpha value is -2.43. The molecule has 9 nitrogen and oxygen atoms in total. The van der Waals surface area contributed by atoms with Crippen molar-refractivity contribution in [2.75, 3.05) is 51.0 Å². The molecule has 6 heterocycles. The lowest BCUT2D eigenvalue weighted by molar-refractivity contribution is 0.00963. The molecule has 2 unspecified atom stereocenters. The van der Waals surface area contributed by atoms with Gasteiger partial charge in [0, 0.05) is 45.8 Å². The van der Waals surface area contributed by atoms with Gasteiger partial charge >= 0.3 is 12.2 Å². The Morgan fingerprint density at radius 2 is 1.54 bits per heavy atom. The number of hydrogen-bond donors (Lipinski definition) is 0. The topological polar surface area (TPSA) is 80.8 Å². The molecule has 1 spiro atoms. The fourth-order valence-corrected chi connectivity index (χ4v) is 7.91. The van der Waals surface area contributed by atoms with Crippen LogP contribution in [0.25, 0.3) is 0 Å². The molecule has 0 aromatic heterocycles. The molecule has 6 aliphatic rings. The SMILES string of the molecule is O=C(O[C@H]1CCOC1)N1CC2(CCN(C3CC4CCC(C3)N4C(=O)O[C@@H]3CCOC3)CC2)c2cc(F)ccc21.[HH].[HH]. The van der Waals surface area contributed by atoms with E-state index in [1.807, 2.05) is 4.90 Å². The number of rotatable bonds is 3. The zero-order valence-electron chi connectivity index (χ0n) is 22.4. The van der Waals surface area contributed by atoms with Gasteiger partial charge in [-0.2, -0.15) is 0 Å². The predicted octanol–water partition coefficient (Wildman–Crippen LogP) is 4.32. The number of ether oxygens (including phenoxy) is 4. The summed E-state index contributed by atoms with van der Waals surface area (Å²) in [4.78, 5) is 32.4. The highest BCUT2D eigenvalue weighted by atomic mass is 19.1. The molecule has 10 heteroatoms. The average molecular weight is 548 g/mol. The fourth-order valence-electron chi connectivity index (χ4n) is 7.91. The van der Waals surface area contributed by atoms with Gasteiger partial charge in [0.05, 0.1) is 32.1 Å². The number of nitrogens with zero attached hydrogens (tertiary/aromatic N) is 3. The van der Waals surface area contributed by atoms with Gasteiger partial charge in [0.2, 0.25) is 0 Å². The molecule has 0 radical (unpaired) electrons. The van der Waals surface area contributed by atoms with Crippen LogP contribution < -0.4 is 4.90 Å². The average Bonchev–Trinajstić information content (AvgIpc) is 3.73. The van der Waals surface area contributed by atoms with Gasteiger partial charge in [-0.25, -0.2) is 14.0 Å². The molecule has 0 aliphatic carbocycles. The van der Waals surface area contributed by atoms with Crippen molar-refractivity contribution >= 4 is 17.9 Å². The van der Waals surface area contributed by atoms with Crippen molar-refractivity contribution < 1.29 is 35.8 Å². The van der Waals surface area contributed by atoms with Gasteiger partial charge in [-0.15, -0.1) is 0 Å². The highest BCUT2D eigenvalue weighted by Crippen LogP contribution is 2.49. The number of carbonyl (C=O) groups is 2. The van der Waals surface area contributed by atoms with Crippen LogP contribution in [-0.2, 0) is 24.4 Å². The van der Waals surface area contributed by atoms with Crippen molar-refractivity contribution in [3.63, 3.8) is 0 Å². The number of amides is 2. The Kier molecular flexibility index (Phi) is 6.67. The van der Waals surface area contributed by atoms with Gasteiger partial charge in [-0.05, 0) is 75.4 Å². The van der Waals surface area contributed by atoms with Gasteiger partial charge in [0.25, 0.3) is 0 Å². The summed E-state index contributed by atoms with van der Waals surface area (Å²) in [6.45, 7) is 4.51. The summed E-state index contributed by atoms with van der Waals surface area (Å²) in [6.07, 6.45) is 6.34. The van der Waals surface area contributed by atoms with Crippen LogP contribution in [-0.4, -0.2) is 98.4 Å². The number of fused-ring (bicyclic) bond motifs is 4. The van der Waals surface area contributed by atoms with Gasteiger partial charge in [0.1, 0.15) is 18.0 Å². The Labute approximate surface area is 231 Å². The molecule has 39 heavy (non-hydrogen) atoms. The van der Waals surface area contributed by atoms with E-state index in [9.17, 15) is 14.0 Å². The van der Waals surface area contributed by atoms with Crippen LogP contribution in [0.15, 0.2) is 18.2 Å². The maximum absolute atomic E-state index is 14.4. The van der Waals surface area contributed by atoms with Crippen molar-refractivity contribution in [1.29, 1.82) is 0 Å². The molecule has 216 valence electrons. The third-order valence-electron chi connectivity index (χ3n) is 10.0. The van der Waals surface area contributed by atoms with E-state index in [2.05, 4.69) is 4.90 Å². The molecule has 5 fully saturated rings. The van der Waals surface area contributed by atoms with E-state index in [0.29, 0.717) is 45.4 Å². The molecule has 4 atom stereocenters. The zero-order chi connectivity index (χ0) is 26.6. The van der Waals surface area contributed by atoms with E-state index in [1.54, 1.807) is 17.0 Å². The summed E-state index contributed by atoms with van der Waals surface area (Å²) in [5.41, 5.74) is 1.42. The number of benzene rings is 1. The number of hydrogen-bond acceptors (Lipinski definition) is 7. The summed E-state index contributed by atoms with van der Waals surface area (Å²) in [5.74, 6) is -0.269. The monoisotopic (exact) mass is 547 g/mol. The van der Waals surface area contributed by atoms with Crippen LogP contribution in [0.3, 0.4) is 0 Å². The summed E-state index contributed by atoms with van der Waals surface area (Å²) in [7, 11) is 0. The van der Waals surface area contributed by atoms with Crippen LogP contribution in [0.5, 0.6) is 0 Å². The number of anilines is 1. The Morgan fingerprint density at radius 3 is 2.15 bits per heavy atom. The summed E-state index contributed by atoms with van der Waals surface area (Å²) in [5, 5.41) is 0. The van der Waals surface area contributed by atoms with Crippen molar-refractivity contribution in [3.05, 3.63) is 29.6 Å². The number of piperidine rings is 2. The maximum Gasteiger partial charge on any atom is 0.414 e. The fraction of sp³-hybridized carbons (Fsp3) is 0.724. The standard InChI is InChI=1S/C29H38FN3O6.2H2/c30-19-1-4-26-25(13-19)29(18-32(26)27(34)38-23-5-11-36-16-23)7-9-31(10-8-29)22-14-20-2-3-21(15-22)33(20)28(35)39-24-6-12-37-17-24;;/h1,4,13,20-24H,2-3,5-12,14-18H2;2*1H/t20?,21?,22?,23-,24+;;/m0../s1. The first-order valence-electron chi connectivity index (χ1n) is 14.7. The van der Waals surface area contributed by atoms with E-state index in [-0.39, 0.29) is 50.6 Å². The normalized spacial score (nSPS) is 33.5. The molecule has 2 amide bonds. The lowest BCUT2D eigenvalue weighted by atomic mass is 9.73. The maximum atomic E-state index is 14.4. The third-order valence-corrected chi connectivity index (χ3v) is 10.0. The second-order valence-corrected chi connectivity index (χ2v) is 12.2. The molecular formula is C29H42FN3O6. The van der Waals surface area contributed by atoms with Gasteiger partial charge in [-0.3, -0.25) is 4.90 Å². The van der Waals surface area contributed by atoms with Crippen molar-refractivity contribution in [2.45, 2.75) is 87.1 Å². The molecule has 1 aromatic carbocycles. The van der Waals surface area contributed by atoms with Gasteiger partial charge in [0.15, 0.2) is 0 Å². The Balaban J connectivity index is 0.00000169. The van der Waals surface area contributed by atoms with Gasteiger partial charge < -0.3 is 28.7 Å². The van der Waals surface area contributed by atoms with Crippen LogP contribution >= 0.6 is 0 Å². The first kappa shape index (κ1) is 25.5. The lowest BCUT2D eigenvalue weighted by Gasteiger charge is -2.47. The highest BCUT2D eigenvalue weighted by molar-refractivity contribution is 5.91. The predicted molar refractivity (Wildman–Crippen MR) is 144 cm³/mol. The van der Waals surface area contributed by atoms with E-state index >= 15 is 0 Å². The smallest absolute Gasteiger partial charge is 0.414 e. The van der Waals surface area contributed by atoms with Crippen molar-refractivity contribution in [2.24, 2.45) is 0 Å². The number of likely N-dealkylation sites (tertiary alicyclic amines) is 1. The molecule has 0 saturated carbocycles. The number of halogens is 1. The lowest BCUT2D eigenvalue weighted by Crippen LogP contribution is -2.56. The quantitative estimate of drug-likeness (QED) is 0.558.